The lowest BCUT2D eigenvalue weighted by Gasteiger charge is -2.20. The van der Waals surface area contributed by atoms with Gasteiger partial charge < -0.3 is 10.1 Å². The molecule has 0 saturated heterocycles. The first-order chi connectivity index (χ1) is 12.7. The number of halogens is 1. The van der Waals surface area contributed by atoms with Crippen molar-refractivity contribution in [2.24, 2.45) is 0 Å². The minimum Gasteiger partial charge on any atom is -0.497 e. The van der Waals surface area contributed by atoms with Gasteiger partial charge in [0.25, 0.3) is 0 Å². The molecule has 2 N–H and O–H groups in total. The normalized spacial score (nSPS) is 13.6. The number of benzene rings is 2. The molecule has 0 saturated carbocycles. The van der Waals surface area contributed by atoms with Gasteiger partial charge in [-0.2, -0.15) is 0 Å². The molecule has 0 heterocycles. The van der Waals surface area contributed by atoms with E-state index < -0.39 is 16.1 Å². The molecule has 0 bridgehead atoms. The molecule has 0 aliphatic carbocycles. The minimum absolute atomic E-state index is 0.0304. The van der Waals surface area contributed by atoms with E-state index in [0.717, 1.165) is 11.8 Å². The van der Waals surface area contributed by atoms with Crippen LogP contribution in [0.25, 0.3) is 0 Å². The number of carbonyl (C=O) groups is 1. The monoisotopic (exact) mass is 410 g/mol. The number of carbonyl (C=O) groups excluding carboxylic acids is 1. The molecule has 0 aliphatic heterocycles. The Bertz CT molecular complexity index is 868. The van der Waals surface area contributed by atoms with Crippen LogP contribution in [0.15, 0.2) is 48.5 Å². The van der Waals surface area contributed by atoms with Crippen molar-refractivity contribution >= 4 is 27.5 Å². The average Bonchev–Trinajstić information content (AvgIpc) is 2.60. The lowest BCUT2D eigenvalue weighted by molar-refractivity contribution is -0.122. The van der Waals surface area contributed by atoms with Gasteiger partial charge in [-0.15, -0.1) is 0 Å². The number of nitrogens with one attached hydrogen (secondary N) is 2. The molecule has 146 valence electrons. The Morgan fingerprint density at radius 3 is 2.15 bits per heavy atom. The Labute approximate surface area is 164 Å². The molecule has 1 amide bonds. The second-order valence-electron chi connectivity index (χ2n) is 6.26. The maximum absolute atomic E-state index is 12.5. The smallest absolute Gasteiger partial charge is 0.222 e. The van der Waals surface area contributed by atoms with Crippen LogP contribution in [-0.4, -0.2) is 27.7 Å². The van der Waals surface area contributed by atoms with E-state index in [-0.39, 0.29) is 18.4 Å². The van der Waals surface area contributed by atoms with Crippen molar-refractivity contribution in [2.45, 2.75) is 25.4 Å². The lowest BCUT2D eigenvalue weighted by Crippen LogP contribution is -2.34. The maximum Gasteiger partial charge on any atom is 0.222 e. The predicted octanol–water partition coefficient (Wildman–Crippen LogP) is 3.21. The van der Waals surface area contributed by atoms with Crippen LogP contribution in [0.1, 0.15) is 36.6 Å². The van der Waals surface area contributed by atoms with Crippen molar-refractivity contribution in [3.63, 3.8) is 0 Å². The molecule has 0 fully saturated rings. The third-order valence-corrected chi connectivity index (χ3v) is 4.98. The third kappa shape index (κ3) is 6.86. The zero-order valence-corrected chi connectivity index (χ0v) is 17.0. The fraction of sp³-hybridized carbons (Fsp3) is 0.316. The summed E-state index contributed by atoms with van der Waals surface area (Å²) < 4.78 is 31.1. The van der Waals surface area contributed by atoms with Crippen molar-refractivity contribution in [1.82, 2.24) is 10.0 Å². The molecule has 0 aromatic heterocycles. The SMILES string of the molecule is COc1ccc([C@H](CC(=O)N[C@@H](C)c2ccc(Cl)cc2)NS(C)(=O)=O)cc1. The number of hydrogen-bond donors (Lipinski definition) is 2. The van der Waals surface area contributed by atoms with Gasteiger partial charge in [0.05, 0.1) is 25.4 Å². The molecule has 2 aromatic carbocycles. The highest BCUT2D eigenvalue weighted by Gasteiger charge is 2.21. The molecule has 0 spiro atoms. The number of ether oxygens (including phenoxy) is 1. The van der Waals surface area contributed by atoms with E-state index in [0.29, 0.717) is 16.3 Å². The van der Waals surface area contributed by atoms with Crippen LogP contribution in [0.3, 0.4) is 0 Å². The molecule has 0 aliphatic rings. The van der Waals surface area contributed by atoms with Crippen LogP contribution in [0.2, 0.25) is 5.02 Å². The molecule has 0 radical (unpaired) electrons. The van der Waals surface area contributed by atoms with Gasteiger partial charge >= 0.3 is 0 Å². The van der Waals surface area contributed by atoms with Crippen molar-refractivity contribution in [3.8, 4) is 5.75 Å². The topological polar surface area (TPSA) is 84.5 Å². The zero-order valence-electron chi connectivity index (χ0n) is 15.4. The summed E-state index contributed by atoms with van der Waals surface area (Å²) in [6.45, 7) is 1.85. The van der Waals surface area contributed by atoms with Gasteiger partial charge in [0.15, 0.2) is 0 Å². The molecular formula is C19H23ClN2O4S. The van der Waals surface area contributed by atoms with Gasteiger partial charge in [-0.3, -0.25) is 4.79 Å². The molecule has 8 heteroatoms. The molecule has 2 atom stereocenters. The van der Waals surface area contributed by atoms with Gasteiger partial charge in [0.1, 0.15) is 5.75 Å². The van der Waals surface area contributed by atoms with Crippen molar-refractivity contribution in [3.05, 3.63) is 64.7 Å². The number of sulfonamides is 1. The van der Waals surface area contributed by atoms with E-state index in [1.54, 1.807) is 43.5 Å². The van der Waals surface area contributed by atoms with Crippen LogP contribution >= 0.6 is 11.6 Å². The Morgan fingerprint density at radius 1 is 1.07 bits per heavy atom. The Morgan fingerprint density at radius 2 is 1.63 bits per heavy atom. The highest BCUT2D eigenvalue weighted by atomic mass is 35.5. The summed E-state index contributed by atoms with van der Waals surface area (Å²) in [5.74, 6) is 0.382. The summed E-state index contributed by atoms with van der Waals surface area (Å²) in [5.41, 5.74) is 1.58. The summed E-state index contributed by atoms with van der Waals surface area (Å²) in [7, 11) is -1.95. The number of rotatable bonds is 8. The van der Waals surface area contributed by atoms with Crippen LogP contribution in [0.4, 0.5) is 0 Å². The van der Waals surface area contributed by atoms with E-state index in [1.165, 1.54) is 0 Å². The van der Waals surface area contributed by atoms with E-state index in [9.17, 15) is 13.2 Å². The standard InChI is InChI=1S/C19H23ClN2O4S/c1-13(14-4-8-16(20)9-5-14)21-19(23)12-18(22-27(3,24)25)15-6-10-17(26-2)11-7-15/h4-11,13,18,22H,12H2,1-3H3,(H,21,23)/t13-,18-/m0/s1. The summed E-state index contributed by atoms with van der Waals surface area (Å²) in [6, 6.07) is 13.2. The van der Waals surface area contributed by atoms with Crippen LogP contribution in [-0.2, 0) is 14.8 Å². The maximum atomic E-state index is 12.5. The summed E-state index contributed by atoms with van der Waals surface area (Å²) >= 11 is 5.88. The van der Waals surface area contributed by atoms with E-state index >= 15 is 0 Å². The minimum atomic E-state index is -3.49. The fourth-order valence-electron chi connectivity index (χ4n) is 2.64. The summed E-state index contributed by atoms with van der Waals surface area (Å²) in [5, 5.41) is 3.50. The molecule has 6 nitrogen and oxygen atoms in total. The second-order valence-corrected chi connectivity index (χ2v) is 8.48. The van der Waals surface area contributed by atoms with Gasteiger partial charge in [0, 0.05) is 11.4 Å². The quantitative estimate of drug-likeness (QED) is 0.699. The van der Waals surface area contributed by atoms with Gasteiger partial charge in [-0.05, 0) is 42.3 Å². The number of amides is 1. The Kier molecular flexibility index (Phi) is 7.24. The second kappa shape index (κ2) is 9.21. The third-order valence-electron chi connectivity index (χ3n) is 4.01. The van der Waals surface area contributed by atoms with Crippen molar-refractivity contribution < 1.29 is 17.9 Å². The van der Waals surface area contributed by atoms with E-state index in [2.05, 4.69) is 10.0 Å². The van der Waals surface area contributed by atoms with Gasteiger partial charge in [-0.1, -0.05) is 35.9 Å². The highest BCUT2D eigenvalue weighted by Crippen LogP contribution is 2.22. The lowest BCUT2D eigenvalue weighted by atomic mass is 10.0. The van der Waals surface area contributed by atoms with Crippen LogP contribution in [0.5, 0.6) is 5.75 Å². The Hall–Kier alpha value is -2.09. The number of methoxy groups -OCH3 is 1. The van der Waals surface area contributed by atoms with Crippen LogP contribution < -0.4 is 14.8 Å². The largest absolute Gasteiger partial charge is 0.497 e. The first-order valence-electron chi connectivity index (χ1n) is 8.34. The van der Waals surface area contributed by atoms with Crippen molar-refractivity contribution in [2.75, 3.05) is 13.4 Å². The molecule has 2 aromatic rings. The van der Waals surface area contributed by atoms with Gasteiger partial charge in [-0.25, -0.2) is 13.1 Å². The average molecular weight is 411 g/mol. The zero-order chi connectivity index (χ0) is 20.0. The highest BCUT2D eigenvalue weighted by molar-refractivity contribution is 7.88. The molecular weight excluding hydrogens is 388 g/mol. The molecule has 0 unspecified atom stereocenters. The summed E-state index contributed by atoms with van der Waals surface area (Å²) in [4.78, 5) is 12.5. The summed E-state index contributed by atoms with van der Waals surface area (Å²) in [6.07, 6.45) is 1.04. The molecule has 27 heavy (non-hydrogen) atoms. The van der Waals surface area contributed by atoms with Crippen LogP contribution in [0, 0.1) is 0 Å². The molecule has 2 rings (SSSR count). The predicted molar refractivity (Wildman–Crippen MR) is 106 cm³/mol. The van der Waals surface area contributed by atoms with Gasteiger partial charge in [0.2, 0.25) is 15.9 Å². The first kappa shape index (κ1) is 21.2. The first-order valence-corrected chi connectivity index (χ1v) is 10.6. The number of hydrogen-bond acceptors (Lipinski definition) is 4. The van der Waals surface area contributed by atoms with E-state index in [4.69, 9.17) is 16.3 Å². The van der Waals surface area contributed by atoms with E-state index in [1.807, 2.05) is 19.1 Å². The van der Waals surface area contributed by atoms with Crippen molar-refractivity contribution in [1.29, 1.82) is 0 Å². The fourth-order valence-corrected chi connectivity index (χ4v) is 3.51. The Balaban J connectivity index is 2.11.